The number of aryl methyl sites for hydroxylation is 1. The second-order valence-electron chi connectivity index (χ2n) is 5.29. The molecule has 0 aliphatic heterocycles. The van der Waals surface area contributed by atoms with Gasteiger partial charge in [0.15, 0.2) is 4.77 Å². The molecule has 1 aromatic heterocycles. The zero-order valence-corrected chi connectivity index (χ0v) is 13.5. The number of halogens is 2. The third-order valence-electron chi connectivity index (χ3n) is 3.59. The van der Waals surface area contributed by atoms with Crippen LogP contribution in [0.25, 0.3) is 11.0 Å². The first-order valence-electron chi connectivity index (χ1n) is 6.68. The van der Waals surface area contributed by atoms with E-state index in [1.165, 1.54) is 6.07 Å². The summed E-state index contributed by atoms with van der Waals surface area (Å²) in [6, 6.07) is 3.55. The van der Waals surface area contributed by atoms with Gasteiger partial charge in [-0.2, -0.15) is 0 Å². The van der Waals surface area contributed by atoms with Crippen LogP contribution in [-0.2, 0) is 6.54 Å². The number of aromatic amines is 1. The normalized spacial score (nSPS) is 11.9. The van der Waals surface area contributed by atoms with Crippen molar-refractivity contribution in [2.45, 2.75) is 32.9 Å². The van der Waals surface area contributed by atoms with Gasteiger partial charge in [-0.1, -0.05) is 11.6 Å². The minimum absolute atomic E-state index is 0.125. The molecule has 0 saturated carbocycles. The van der Waals surface area contributed by atoms with Crippen LogP contribution in [0.3, 0.4) is 0 Å². The number of hydrogen-bond donors (Lipinski definition) is 1. The number of benzene rings is 1. The Hall–Kier alpha value is -0.910. The second-order valence-corrected chi connectivity index (χ2v) is 6.09. The molecule has 0 fully saturated rings. The fourth-order valence-electron chi connectivity index (χ4n) is 2.11. The molecule has 1 aromatic carbocycles. The molecule has 1 N–H and O–H groups in total. The molecule has 0 unspecified atom stereocenters. The Bertz CT molecular complexity index is 662. The quantitative estimate of drug-likeness (QED) is 0.835. The van der Waals surface area contributed by atoms with Gasteiger partial charge in [-0.25, -0.2) is 4.39 Å². The molecule has 20 heavy (non-hydrogen) atoms. The average molecular weight is 316 g/mol. The largest absolute Gasteiger partial charge is 0.330 e. The van der Waals surface area contributed by atoms with Gasteiger partial charge in [0, 0.05) is 18.7 Å². The van der Waals surface area contributed by atoms with Gasteiger partial charge < -0.3 is 14.5 Å². The van der Waals surface area contributed by atoms with Crippen molar-refractivity contribution in [3.8, 4) is 0 Å². The first-order valence-corrected chi connectivity index (χ1v) is 7.46. The molecule has 0 bridgehead atoms. The number of fused-ring (bicyclic) bond motifs is 1. The Morgan fingerprint density at radius 2 is 2.15 bits per heavy atom. The van der Waals surface area contributed by atoms with Crippen LogP contribution >= 0.6 is 23.8 Å². The molecule has 2 aromatic rings. The maximum absolute atomic E-state index is 13.4. The number of nitrogens with one attached hydrogen (secondary N) is 1. The zero-order valence-electron chi connectivity index (χ0n) is 11.9. The van der Waals surface area contributed by atoms with E-state index in [1.807, 2.05) is 4.57 Å². The van der Waals surface area contributed by atoms with Crippen LogP contribution in [0.15, 0.2) is 12.1 Å². The van der Waals surface area contributed by atoms with Gasteiger partial charge in [0.25, 0.3) is 0 Å². The highest BCUT2D eigenvalue weighted by molar-refractivity contribution is 7.71. The molecule has 0 amide bonds. The lowest BCUT2D eigenvalue weighted by molar-refractivity contribution is 0.266. The molecule has 0 spiro atoms. The molecule has 0 aliphatic carbocycles. The minimum Gasteiger partial charge on any atom is -0.330 e. The van der Waals surface area contributed by atoms with Gasteiger partial charge in [0.1, 0.15) is 5.82 Å². The van der Waals surface area contributed by atoms with Gasteiger partial charge in [-0.05, 0) is 52.1 Å². The van der Waals surface area contributed by atoms with Crippen molar-refractivity contribution in [3.63, 3.8) is 0 Å². The Morgan fingerprint density at radius 1 is 1.45 bits per heavy atom. The third kappa shape index (κ3) is 3.22. The van der Waals surface area contributed by atoms with Crippen molar-refractivity contribution in [2.24, 2.45) is 0 Å². The van der Waals surface area contributed by atoms with Crippen LogP contribution in [0.2, 0.25) is 5.02 Å². The van der Waals surface area contributed by atoms with Crippen LogP contribution in [0.4, 0.5) is 4.39 Å². The fraction of sp³-hybridized carbons (Fsp3) is 0.500. The zero-order chi connectivity index (χ0) is 14.9. The fourth-order valence-corrected chi connectivity index (χ4v) is 2.57. The number of nitrogens with zero attached hydrogens (tertiary/aromatic N) is 2. The Kier molecular flexibility index (Phi) is 4.83. The maximum Gasteiger partial charge on any atom is 0.178 e. The summed E-state index contributed by atoms with van der Waals surface area (Å²) in [5.41, 5.74) is 1.54. The number of hydrogen-bond acceptors (Lipinski definition) is 2. The lowest BCUT2D eigenvalue weighted by atomic mass is 10.3. The van der Waals surface area contributed by atoms with Crippen LogP contribution in [0.1, 0.15) is 20.3 Å². The van der Waals surface area contributed by atoms with E-state index in [-0.39, 0.29) is 5.02 Å². The summed E-state index contributed by atoms with van der Waals surface area (Å²) in [4.78, 5) is 5.30. The average Bonchev–Trinajstić information content (AvgIpc) is 2.66. The summed E-state index contributed by atoms with van der Waals surface area (Å²) in [6.07, 6.45) is 0.977. The van der Waals surface area contributed by atoms with Crippen molar-refractivity contribution >= 4 is 34.9 Å². The summed E-state index contributed by atoms with van der Waals surface area (Å²) in [7, 11) is 2.10. The summed E-state index contributed by atoms with van der Waals surface area (Å²) in [5.74, 6) is -0.429. The van der Waals surface area contributed by atoms with Gasteiger partial charge in [0.2, 0.25) is 0 Å². The molecular weight excluding hydrogens is 297 g/mol. The van der Waals surface area contributed by atoms with E-state index in [0.29, 0.717) is 16.3 Å². The topological polar surface area (TPSA) is 24.0 Å². The molecule has 0 radical (unpaired) electrons. The van der Waals surface area contributed by atoms with Crippen LogP contribution < -0.4 is 0 Å². The number of imidazole rings is 1. The van der Waals surface area contributed by atoms with Gasteiger partial charge >= 0.3 is 0 Å². The SMILES string of the molecule is CC(C)N(C)CCCn1c(=S)[nH]c2cc(F)c(Cl)cc21. The van der Waals surface area contributed by atoms with Crippen molar-refractivity contribution in [3.05, 3.63) is 27.7 Å². The van der Waals surface area contributed by atoms with E-state index in [9.17, 15) is 4.39 Å². The van der Waals surface area contributed by atoms with Crippen molar-refractivity contribution in [1.82, 2.24) is 14.5 Å². The molecule has 0 atom stereocenters. The molecule has 3 nitrogen and oxygen atoms in total. The molecule has 0 saturated heterocycles. The van der Waals surface area contributed by atoms with E-state index in [2.05, 4.69) is 30.8 Å². The highest BCUT2D eigenvalue weighted by Crippen LogP contribution is 2.23. The first-order chi connectivity index (χ1) is 9.40. The van der Waals surface area contributed by atoms with Gasteiger partial charge in [-0.3, -0.25) is 0 Å². The maximum atomic E-state index is 13.4. The number of aromatic nitrogens is 2. The molecule has 6 heteroatoms. The first kappa shape index (κ1) is 15.5. The summed E-state index contributed by atoms with van der Waals surface area (Å²) < 4.78 is 16.0. The van der Waals surface area contributed by atoms with Crippen LogP contribution in [-0.4, -0.2) is 34.1 Å². The molecular formula is C14H19ClFN3S. The van der Waals surface area contributed by atoms with E-state index in [0.717, 1.165) is 25.0 Å². The van der Waals surface area contributed by atoms with Crippen molar-refractivity contribution in [2.75, 3.05) is 13.6 Å². The molecule has 0 aliphatic rings. The van der Waals surface area contributed by atoms with Gasteiger partial charge in [-0.15, -0.1) is 0 Å². The third-order valence-corrected chi connectivity index (χ3v) is 4.20. The Morgan fingerprint density at radius 3 is 2.80 bits per heavy atom. The minimum atomic E-state index is -0.429. The molecule has 110 valence electrons. The van der Waals surface area contributed by atoms with Crippen LogP contribution in [0, 0.1) is 10.6 Å². The summed E-state index contributed by atoms with van der Waals surface area (Å²) >= 11 is 11.1. The van der Waals surface area contributed by atoms with E-state index in [4.69, 9.17) is 23.8 Å². The van der Waals surface area contributed by atoms with E-state index in [1.54, 1.807) is 6.07 Å². The second kappa shape index (κ2) is 6.24. The van der Waals surface area contributed by atoms with Crippen molar-refractivity contribution < 1.29 is 4.39 Å². The number of rotatable bonds is 5. The van der Waals surface area contributed by atoms with E-state index >= 15 is 0 Å². The summed E-state index contributed by atoms with van der Waals surface area (Å²) in [5, 5.41) is 0.125. The summed E-state index contributed by atoms with van der Waals surface area (Å²) in [6.45, 7) is 6.11. The lowest BCUT2D eigenvalue weighted by Crippen LogP contribution is -2.27. The predicted molar refractivity (Wildman–Crippen MR) is 84.5 cm³/mol. The predicted octanol–water partition coefficient (Wildman–Crippen LogP) is 4.22. The lowest BCUT2D eigenvalue weighted by Gasteiger charge is -2.20. The monoisotopic (exact) mass is 315 g/mol. The molecule has 1 heterocycles. The van der Waals surface area contributed by atoms with Crippen molar-refractivity contribution in [1.29, 1.82) is 0 Å². The van der Waals surface area contributed by atoms with Crippen LogP contribution in [0.5, 0.6) is 0 Å². The Labute approximate surface area is 128 Å². The standard InChI is InChI=1S/C14H19ClFN3S/c1-9(2)18(3)5-4-6-19-13-7-10(15)11(16)8-12(13)17-14(19)20/h7-9H,4-6H2,1-3H3,(H,17,20). The molecule has 2 rings (SSSR count). The Balaban J connectivity index is 2.20. The van der Waals surface area contributed by atoms with E-state index < -0.39 is 5.82 Å². The highest BCUT2D eigenvalue weighted by Gasteiger charge is 2.09. The highest BCUT2D eigenvalue weighted by atomic mass is 35.5. The van der Waals surface area contributed by atoms with Gasteiger partial charge in [0.05, 0.1) is 16.1 Å². The smallest absolute Gasteiger partial charge is 0.178 e. The number of H-pyrrole nitrogens is 1.